The van der Waals surface area contributed by atoms with Crippen molar-refractivity contribution in [1.29, 1.82) is 0 Å². The van der Waals surface area contributed by atoms with Crippen LogP contribution in [0.4, 0.5) is 13.2 Å². The molecular formula is C14H20F3NO. The van der Waals surface area contributed by atoms with Gasteiger partial charge in [-0.1, -0.05) is 26.0 Å². The van der Waals surface area contributed by atoms with Crippen molar-refractivity contribution in [2.45, 2.75) is 46.5 Å². The summed E-state index contributed by atoms with van der Waals surface area (Å²) in [7, 11) is 0. The van der Waals surface area contributed by atoms with Crippen LogP contribution < -0.4 is 10.1 Å². The van der Waals surface area contributed by atoms with Crippen molar-refractivity contribution in [3.63, 3.8) is 0 Å². The third-order valence-corrected chi connectivity index (χ3v) is 2.61. The highest BCUT2D eigenvalue weighted by Gasteiger charge is 2.29. The molecular weight excluding hydrogens is 255 g/mol. The van der Waals surface area contributed by atoms with Crippen molar-refractivity contribution in [1.82, 2.24) is 5.32 Å². The Kier molecular flexibility index (Phi) is 5.23. The Morgan fingerprint density at radius 2 is 1.68 bits per heavy atom. The van der Waals surface area contributed by atoms with Gasteiger partial charge >= 0.3 is 6.18 Å². The van der Waals surface area contributed by atoms with Crippen molar-refractivity contribution < 1.29 is 17.9 Å². The molecule has 0 saturated carbocycles. The van der Waals surface area contributed by atoms with Crippen LogP contribution in [-0.4, -0.2) is 18.8 Å². The maximum Gasteiger partial charge on any atom is 0.422 e. The van der Waals surface area contributed by atoms with E-state index in [1.807, 2.05) is 26.0 Å². The summed E-state index contributed by atoms with van der Waals surface area (Å²) >= 11 is 0. The van der Waals surface area contributed by atoms with Gasteiger partial charge in [-0.2, -0.15) is 13.2 Å². The van der Waals surface area contributed by atoms with E-state index in [1.54, 1.807) is 13.8 Å². The number of hydrogen-bond donors (Lipinski definition) is 1. The van der Waals surface area contributed by atoms with Crippen LogP contribution in [0.3, 0.4) is 0 Å². The molecule has 1 aromatic carbocycles. The van der Waals surface area contributed by atoms with E-state index in [2.05, 4.69) is 5.32 Å². The molecule has 0 heterocycles. The van der Waals surface area contributed by atoms with E-state index >= 15 is 0 Å². The fraction of sp³-hybridized carbons (Fsp3) is 0.571. The van der Waals surface area contributed by atoms with E-state index in [-0.39, 0.29) is 0 Å². The number of alkyl halides is 3. The van der Waals surface area contributed by atoms with E-state index in [0.717, 1.165) is 16.7 Å². The van der Waals surface area contributed by atoms with E-state index in [4.69, 9.17) is 4.74 Å². The first-order valence-corrected chi connectivity index (χ1v) is 6.22. The smallest absolute Gasteiger partial charge is 0.422 e. The molecule has 0 unspecified atom stereocenters. The summed E-state index contributed by atoms with van der Waals surface area (Å²) in [6, 6.07) is 4.07. The second-order valence-electron chi connectivity index (χ2n) is 5.00. The molecule has 5 heteroatoms. The van der Waals surface area contributed by atoms with Crippen LogP contribution in [0.25, 0.3) is 0 Å². The maximum atomic E-state index is 12.2. The number of aryl methyl sites for hydroxylation is 2. The largest absolute Gasteiger partial charge is 0.484 e. The first kappa shape index (κ1) is 15.8. The monoisotopic (exact) mass is 275 g/mol. The molecule has 0 radical (unpaired) electrons. The van der Waals surface area contributed by atoms with Gasteiger partial charge < -0.3 is 10.1 Å². The highest BCUT2D eigenvalue weighted by atomic mass is 19.4. The minimum Gasteiger partial charge on any atom is -0.484 e. The van der Waals surface area contributed by atoms with Gasteiger partial charge in [-0.15, -0.1) is 0 Å². The lowest BCUT2D eigenvalue weighted by Crippen LogP contribution is -2.22. The van der Waals surface area contributed by atoms with E-state index in [1.165, 1.54) is 0 Å². The topological polar surface area (TPSA) is 21.3 Å². The van der Waals surface area contributed by atoms with Gasteiger partial charge in [0.15, 0.2) is 6.61 Å². The molecule has 0 aromatic heterocycles. The normalized spacial score (nSPS) is 12.0. The molecule has 19 heavy (non-hydrogen) atoms. The Balaban J connectivity index is 2.79. The van der Waals surface area contributed by atoms with Crippen LogP contribution in [-0.2, 0) is 6.54 Å². The molecule has 1 N–H and O–H groups in total. The Morgan fingerprint density at radius 1 is 1.16 bits per heavy atom. The number of halogens is 3. The van der Waals surface area contributed by atoms with Gasteiger partial charge in [0.25, 0.3) is 0 Å². The van der Waals surface area contributed by atoms with Crippen LogP contribution in [0, 0.1) is 13.8 Å². The molecule has 2 nitrogen and oxygen atoms in total. The standard InChI is InChI=1S/C14H20F3NO/c1-9(2)18-7-12-5-10(3)13(11(4)6-12)19-8-14(15,16)17/h5-6,9,18H,7-8H2,1-4H3. The fourth-order valence-corrected chi connectivity index (χ4v) is 1.85. The van der Waals surface area contributed by atoms with Crippen molar-refractivity contribution in [3.05, 3.63) is 28.8 Å². The summed E-state index contributed by atoms with van der Waals surface area (Å²) in [5.74, 6) is 0.325. The van der Waals surface area contributed by atoms with Gasteiger partial charge in [0, 0.05) is 12.6 Å². The van der Waals surface area contributed by atoms with Crippen LogP contribution in [0.15, 0.2) is 12.1 Å². The van der Waals surface area contributed by atoms with Crippen molar-refractivity contribution >= 4 is 0 Å². The Bertz CT molecular complexity index is 404. The first-order chi connectivity index (χ1) is 8.69. The van der Waals surface area contributed by atoms with Crippen molar-refractivity contribution in [2.24, 2.45) is 0 Å². The van der Waals surface area contributed by atoms with E-state index in [0.29, 0.717) is 18.3 Å². The van der Waals surface area contributed by atoms with Crippen LogP contribution in [0.2, 0.25) is 0 Å². The quantitative estimate of drug-likeness (QED) is 0.883. The average molecular weight is 275 g/mol. The minimum atomic E-state index is -4.31. The summed E-state index contributed by atoms with van der Waals surface area (Å²) in [5, 5.41) is 3.27. The van der Waals surface area contributed by atoms with E-state index in [9.17, 15) is 13.2 Å². The number of rotatable bonds is 5. The summed E-state index contributed by atoms with van der Waals surface area (Å²) < 4.78 is 41.3. The second kappa shape index (κ2) is 6.28. The zero-order chi connectivity index (χ0) is 14.6. The molecule has 108 valence electrons. The van der Waals surface area contributed by atoms with E-state index < -0.39 is 12.8 Å². The number of ether oxygens (including phenoxy) is 1. The molecule has 0 aliphatic rings. The van der Waals surface area contributed by atoms with Gasteiger partial charge in [-0.25, -0.2) is 0 Å². The molecule has 1 aromatic rings. The lowest BCUT2D eigenvalue weighted by molar-refractivity contribution is -0.153. The Labute approximate surface area is 112 Å². The number of benzene rings is 1. The molecule has 0 bridgehead atoms. The van der Waals surface area contributed by atoms with Crippen molar-refractivity contribution in [3.8, 4) is 5.75 Å². The molecule has 0 aliphatic heterocycles. The SMILES string of the molecule is Cc1cc(CNC(C)C)cc(C)c1OCC(F)(F)F. The van der Waals surface area contributed by atoms with Gasteiger partial charge in [0.1, 0.15) is 5.75 Å². The number of hydrogen-bond acceptors (Lipinski definition) is 2. The lowest BCUT2D eigenvalue weighted by Gasteiger charge is -2.16. The molecule has 0 atom stereocenters. The van der Waals surface area contributed by atoms with Gasteiger partial charge in [-0.05, 0) is 30.5 Å². The van der Waals surface area contributed by atoms with Gasteiger partial charge in [0.2, 0.25) is 0 Å². The summed E-state index contributed by atoms with van der Waals surface area (Å²) in [6.07, 6.45) is -4.31. The zero-order valence-electron chi connectivity index (χ0n) is 11.7. The summed E-state index contributed by atoms with van der Waals surface area (Å²) in [5.41, 5.74) is 2.50. The maximum absolute atomic E-state index is 12.2. The summed E-state index contributed by atoms with van der Waals surface area (Å²) in [4.78, 5) is 0. The molecule has 0 aliphatic carbocycles. The second-order valence-corrected chi connectivity index (χ2v) is 5.00. The fourth-order valence-electron chi connectivity index (χ4n) is 1.85. The van der Waals surface area contributed by atoms with Crippen molar-refractivity contribution in [2.75, 3.05) is 6.61 Å². The van der Waals surface area contributed by atoms with Crippen LogP contribution >= 0.6 is 0 Å². The number of nitrogens with one attached hydrogen (secondary N) is 1. The Hall–Kier alpha value is -1.23. The first-order valence-electron chi connectivity index (χ1n) is 6.22. The Morgan fingerprint density at radius 3 is 2.11 bits per heavy atom. The lowest BCUT2D eigenvalue weighted by atomic mass is 10.1. The molecule has 0 amide bonds. The molecule has 0 fully saturated rings. The third-order valence-electron chi connectivity index (χ3n) is 2.61. The minimum absolute atomic E-state index is 0.325. The predicted octanol–water partition coefficient (Wildman–Crippen LogP) is 3.74. The van der Waals surface area contributed by atoms with Gasteiger partial charge in [0.05, 0.1) is 0 Å². The molecule has 0 spiro atoms. The average Bonchev–Trinajstić information content (AvgIpc) is 2.23. The zero-order valence-corrected chi connectivity index (χ0v) is 11.7. The molecule has 1 rings (SSSR count). The van der Waals surface area contributed by atoms with Crippen LogP contribution in [0.5, 0.6) is 5.75 Å². The third kappa shape index (κ3) is 5.51. The van der Waals surface area contributed by atoms with Gasteiger partial charge in [-0.3, -0.25) is 0 Å². The predicted molar refractivity (Wildman–Crippen MR) is 69.4 cm³/mol. The highest BCUT2D eigenvalue weighted by molar-refractivity contribution is 5.43. The van der Waals surface area contributed by atoms with Crippen LogP contribution in [0.1, 0.15) is 30.5 Å². The summed E-state index contributed by atoms with van der Waals surface area (Å²) in [6.45, 7) is 7.05. The highest BCUT2D eigenvalue weighted by Crippen LogP contribution is 2.27. The molecule has 0 saturated heterocycles.